The number of ether oxygens (including phenoxy) is 2. The Labute approximate surface area is 161 Å². The summed E-state index contributed by atoms with van der Waals surface area (Å²) in [6, 6.07) is 16.0. The van der Waals surface area contributed by atoms with Crippen LogP contribution in [0.15, 0.2) is 48.5 Å². The zero-order valence-corrected chi connectivity index (χ0v) is 15.9. The average molecular weight is 365 g/mol. The number of carbonyl (C=O) groups excluding carboxylic acids is 1. The van der Waals surface area contributed by atoms with Crippen LogP contribution in [0.1, 0.15) is 47.5 Å². The number of hydrogen-bond acceptors (Lipinski definition) is 4. The van der Waals surface area contributed by atoms with Crippen LogP contribution < -0.4 is 9.47 Å². The molecule has 1 saturated heterocycles. The van der Waals surface area contributed by atoms with Gasteiger partial charge in [0.15, 0.2) is 5.78 Å². The van der Waals surface area contributed by atoms with Crippen LogP contribution in [0.3, 0.4) is 0 Å². The largest absolute Gasteiger partial charge is 0.494 e. The summed E-state index contributed by atoms with van der Waals surface area (Å²) in [7, 11) is 2.20. The second-order valence-electron chi connectivity index (χ2n) is 7.56. The summed E-state index contributed by atoms with van der Waals surface area (Å²) < 4.78 is 11.8. The van der Waals surface area contributed by atoms with Crippen molar-refractivity contribution in [3.8, 4) is 11.5 Å². The molecule has 142 valence electrons. The summed E-state index contributed by atoms with van der Waals surface area (Å²) >= 11 is 0. The molecule has 1 fully saturated rings. The summed E-state index contributed by atoms with van der Waals surface area (Å²) in [5, 5.41) is 0. The number of rotatable bonds is 5. The van der Waals surface area contributed by atoms with Gasteiger partial charge in [-0.25, -0.2) is 0 Å². The van der Waals surface area contributed by atoms with Gasteiger partial charge in [-0.15, -0.1) is 0 Å². The predicted octanol–water partition coefficient (Wildman–Crippen LogP) is 4.30. The first-order chi connectivity index (χ1) is 13.2. The first kappa shape index (κ1) is 18.1. The molecule has 0 spiro atoms. The molecular formula is C23H27NO3. The second-order valence-corrected chi connectivity index (χ2v) is 7.56. The van der Waals surface area contributed by atoms with Crippen molar-refractivity contribution < 1.29 is 14.3 Å². The standard InChI is InChI=1S/C23H27NO3/c1-24-13-6-5-9-18(24)12-14-26-19-10-11-22-20(15-19)23(25)21(16-27-22)17-7-3-2-4-8-17/h2-4,7-8,10-11,15,18,21H,5-6,9,12-14,16H2,1H3. The van der Waals surface area contributed by atoms with Crippen molar-refractivity contribution >= 4 is 5.78 Å². The van der Waals surface area contributed by atoms with E-state index in [1.54, 1.807) is 0 Å². The van der Waals surface area contributed by atoms with Crippen LogP contribution in [0.4, 0.5) is 0 Å². The normalized spacial score (nSPS) is 22.8. The molecule has 0 aromatic heterocycles. The van der Waals surface area contributed by atoms with Crippen molar-refractivity contribution in [2.75, 3.05) is 26.8 Å². The van der Waals surface area contributed by atoms with E-state index in [4.69, 9.17) is 9.47 Å². The Morgan fingerprint density at radius 1 is 1.15 bits per heavy atom. The molecule has 4 rings (SSSR count). The fourth-order valence-corrected chi connectivity index (χ4v) is 4.11. The number of Topliss-reactive ketones (excluding diaryl/α,β-unsaturated/α-hetero) is 1. The van der Waals surface area contributed by atoms with Crippen molar-refractivity contribution in [3.05, 3.63) is 59.7 Å². The molecule has 2 heterocycles. The third-order valence-corrected chi connectivity index (χ3v) is 5.78. The molecule has 0 amide bonds. The molecule has 4 heteroatoms. The molecule has 2 aromatic carbocycles. The summed E-state index contributed by atoms with van der Waals surface area (Å²) in [5.41, 5.74) is 1.63. The van der Waals surface area contributed by atoms with Gasteiger partial charge in [0.25, 0.3) is 0 Å². The monoisotopic (exact) mass is 365 g/mol. The third-order valence-electron chi connectivity index (χ3n) is 5.78. The van der Waals surface area contributed by atoms with Gasteiger partial charge in [0.2, 0.25) is 0 Å². The smallest absolute Gasteiger partial charge is 0.177 e. The zero-order valence-electron chi connectivity index (χ0n) is 15.9. The van der Waals surface area contributed by atoms with Crippen LogP contribution in [0.25, 0.3) is 0 Å². The minimum absolute atomic E-state index is 0.111. The number of piperidine rings is 1. The summed E-state index contributed by atoms with van der Waals surface area (Å²) in [5.74, 6) is 1.27. The number of nitrogens with zero attached hydrogens (tertiary/aromatic N) is 1. The van der Waals surface area contributed by atoms with E-state index in [1.165, 1.54) is 25.8 Å². The molecule has 0 radical (unpaired) electrons. The Hall–Kier alpha value is -2.33. The van der Waals surface area contributed by atoms with E-state index >= 15 is 0 Å². The highest BCUT2D eigenvalue weighted by molar-refractivity contribution is 6.04. The highest BCUT2D eigenvalue weighted by atomic mass is 16.5. The molecule has 2 unspecified atom stereocenters. The zero-order chi connectivity index (χ0) is 18.6. The predicted molar refractivity (Wildman–Crippen MR) is 106 cm³/mol. The molecule has 2 aromatic rings. The summed E-state index contributed by atoms with van der Waals surface area (Å²) in [4.78, 5) is 15.4. The fraction of sp³-hybridized carbons (Fsp3) is 0.435. The topological polar surface area (TPSA) is 38.8 Å². The Balaban J connectivity index is 1.42. The Morgan fingerprint density at radius 3 is 2.81 bits per heavy atom. The Morgan fingerprint density at radius 2 is 2.00 bits per heavy atom. The molecule has 0 saturated carbocycles. The molecular weight excluding hydrogens is 338 g/mol. The van der Waals surface area contributed by atoms with Gasteiger partial charge >= 0.3 is 0 Å². The summed E-state index contributed by atoms with van der Waals surface area (Å²) in [6.07, 6.45) is 4.86. The lowest BCUT2D eigenvalue weighted by Crippen LogP contribution is -2.37. The number of fused-ring (bicyclic) bond motifs is 1. The van der Waals surface area contributed by atoms with Gasteiger partial charge in [-0.3, -0.25) is 4.79 Å². The van der Waals surface area contributed by atoms with Gasteiger partial charge in [-0.2, -0.15) is 0 Å². The maximum atomic E-state index is 13.0. The number of carbonyl (C=O) groups is 1. The summed E-state index contributed by atoms with van der Waals surface area (Å²) in [6.45, 7) is 2.24. The third kappa shape index (κ3) is 4.01. The van der Waals surface area contributed by atoms with Crippen molar-refractivity contribution in [3.63, 3.8) is 0 Å². The van der Waals surface area contributed by atoms with E-state index < -0.39 is 0 Å². The maximum Gasteiger partial charge on any atom is 0.177 e. The Bertz CT molecular complexity index is 789. The SMILES string of the molecule is CN1CCCCC1CCOc1ccc2c(c1)C(=O)C(c1ccccc1)CO2. The lowest BCUT2D eigenvalue weighted by atomic mass is 9.89. The van der Waals surface area contributed by atoms with E-state index in [9.17, 15) is 4.79 Å². The van der Waals surface area contributed by atoms with Crippen molar-refractivity contribution in [2.45, 2.75) is 37.6 Å². The van der Waals surface area contributed by atoms with Crippen LogP contribution >= 0.6 is 0 Å². The first-order valence-electron chi connectivity index (χ1n) is 9.91. The lowest BCUT2D eigenvalue weighted by molar-refractivity contribution is 0.0895. The second kappa shape index (κ2) is 8.13. The maximum absolute atomic E-state index is 13.0. The molecule has 0 N–H and O–H groups in total. The minimum Gasteiger partial charge on any atom is -0.494 e. The molecule has 0 bridgehead atoms. The molecule has 2 aliphatic rings. The highest BCUT2D eigenvalue weighted by Gasteiger charge is 2.30. The van der Waals surface area contributed by atoms with Crippen molar-refractivity contribution in [2.24, 2.45) is 0 Å². The number of ketones is 1. The first-order valence-corrected chi connectivity index (χ1v) is 9.91. The highest BCUT2D eigenvalue weighted by Crippen LogP contribution is 2.34. The van der Waals surface area contributed by atoms with E-state index in [0.717, 1.165) is 17.7 Å². The van der Waals surface area contributed by atoms with E-state index in [-0.39, 0.29) is 11.7 Å². The van der Waals surface area contributed by atoms with Gasteiger partial charge in [-0.05, 0) is 56.6 Å². The van der Waals surface area contributed by atoms with Gasteiger partial charge in [0, 0.05) is 6.04 Å². The average Bonchev–Trinajstić information content (AvgIpc) is 2.71. The van der Waals surface area contributed by atoms with Crippen LogP contribution in [0, 0.1) is 0 Å². The van der Waals surface area contributed by atoms with Crippen LogP contribution in [0.2, 0.25) is 0 Å². The quantitative estimate of drug-likeness (QED) is 0.792. The van der Waals surface area contributed by atoms with Gasteiger partial charge in [0.05, 0.1) is 18.1 Å². The van der Waals surface area contributed by atoms with Gasteiger partial charge in [0.1, 0.15) is 18.1 Å². The van der Waals surface area contributed by atoms with Crippen molar-refractivity contribution in [1.82, 2.24) is 4.90 Å². The van der Waals surface area contributed by atoms with Crippen molar-refractivity contribution in [1.29, 1.82) is 0 Å². The molecule has 2 aliphatic heterocycles. The number of benzene rings is 2. The van der Waals surface area contributed by atoms with Gasteiger partial charge < -0.3 is 14.4 Å². The molecule has 0 aliphatic carbocycles. The van der Waals surface area contributed by atoms with Crippen LogP contribution in [-0.4, -0.2) is 43.5 Å². The van der Waals surface area contributed by atoms with Crippen LogP contribution in [0.5, 0.6) is 11.5 Å². The number of hydrogen-bond donors (Lipinski definition) is 0. The number of likely N-dealkylation sites (tertiary alicyclic amines) is 1. The van der Waals surface area contributed by atoms with E-state index in [2.05, 4.69) is 11.9 Å². The lowest BCUT2D eigenvalue weighted by Gasteiger charge is -2.32. The molecule has 27 heavy (non-hydrogen) atoms. The van der Waals surface area contributed by atoms with Gasteiger partial charge in [-0.1, -0.05) is 36.8 Å². The van der Waals surface area contributed by atoms with E-state index in [0.29, 0.717) is 30.6 Å². The fourth-order valence-electron chi connectivity index (χ4n) is 4.11. The van der Waals surface area contributed by atoms with Crippen LogP contribution in [-0.2, 0) is 0 Å². The molecule has 4 nitrogen and oxygen atoms in total. The van der Waals surface area contributed by atoms with E-state index in [1.807, 2.05) is 48.5 Å². The minimum atomic E-state index is -0.246. The molecule has 2 atom stereocenters. The Kier molecular flexibility index (Phi) is 5.44.